The zero-order valence-electron chi connectivity index (χ0n) is 11.4. The molecule has 0 amide bonds. The Morgan fingerprint density at radius 3 is 2.95 bits per heavy atom. The third-order valence-electron chi connectivity index (χ3n) is 3.48. The van der Waals surface area contributed by atoms with Crippen LogP contribution < -0.4 is 0 Å². The Bertz CT molecular complexity index is 908. The van der Waals surface area contributed by atoms with Crippen LogP contribution in [-0.2, 0) is 0 Å². The zero-order valence-corrected chi connectivity index (χ0v) is 12.2. The van der Waals surface area contributed by atoms with E-state index >= 15 is 0 Å². The van der Waals surface area contributed by atoms with Crippen molar-refractivity contribution in [3.05, 3.63) is 53.9 Å². The fourth-order valence-corrected chi connectivity index (χ4v) is 3.27. The molecule has 102 valence electrons. The number of H-pyrrole nitrogens is 1. The van der Waals surface area contributed by atoms with Gasteiger partial charge in [0.05, 0.1) is 11.9 Å². The van der Waals surface area contributed by atoms with E-state index in [1.807, 2.05) is 6.20 Å². The van der Waals surface area contributed by atoms with E-state index in [0.29, 0.717) is 0 Å². The molecule has 0 fully saturated rings. The van der Waals surface area contributed by atoms with Crippen molar-refractivity contribution in [3.8, 4) is 22.0 Å². The van der Waals surface area contributed by atoms with Crippen LogP contribution in [0.3, 0.4) is 0 Å². The molecule has 0 unspecified atom stereocenters. The van der Waals surface area contributed by atoms with E-state index in [9.17, 15) is 0 Å². The Balaban J connectivity index is 1.85. The second kappa shape index (κ2) is 4.79. The second-order valence-corrected chi connectivity index (χ2v) is 5.69. The Hall–Kier alpha value is -2.53. The molecule has 3 aromatic heterocycles. The monoisotopic (exact) mass is 292 g/mol. The van der Waals surface area contributed by atoms with Crippen molar-refractivity contribution in [1.82, 2.24) is 19.9 Å². The lowest BCUT2D eigenvalue weighted by molar-refractivity contribution is 1.19. The number of benzene rings is 1. The summed E-state index contributed by atoms with van der Waals surface area (Å²) >= 11 is 1.59. The van der Waals surface area contributed by atoms with Gasteiger partial charge in [-0.05, 0) is 18.6 Å². The molecule has 0 atom stereocenters. The maximum atomic E-state index is 4.71. The number of nitrogens with one attached hydrogen (secondary N) is 1. The molecule has 0 aliphatic carbocycles. The first-order valence-corrected chi connectivity index (χ1v) is 7.50. The van der Waals surface area contributed by atoms with Crippen LogP contribution in [0.2, 0.25) is 0 Å². The van der Waals surface area contributed by atoms with Gasteiger partial charge in [0.25, 0.3) is 0 Å². The number of hydrogen-bond donors (Lipinski definition) is 1. The van der Waals surface area contributed by atoms with E-state index in [4.69, 9.17) is 4.98 Å². The summed E-state index contributed by atoms with van der Waals surface area (Å²) in [6, 6.07) is 6.27. The molecular weight excluding hydrogens is 280 g/mol. The van der Waals surface area contributed by atoms with Gasteiger partial charge in [-0.3, -0.25) is 9.97 Å². The maximum Gasteiger partial charge on any atom is 0.144 e. The van der Waals surface area contributed by atoms with Crippen LogP contribution >= 0.6 is 11.3 Å². The molecular formula is C16H12N4S. The molecule has 0 saturated carbocycles. The highest BCUT2D eigenvalue weighted by Gasteiger charge is 2.12. The number of aromatic nitrogens is 4. The SMILES string of the molecule is Cc1cccc2[nH]cc(-c3csc(-c4cnccn4)n3)c12. The van der Waals surface area contributed by atoms with Gasteiger partial charge in [-0.1, -0.05) is 12.1 Å². The first-order valence-electron chi connectivity index (χ1n) is 6.62. The molecule has 3 heterocycles. The van der Waals surface area contributed by atoms with E-state index in [0.717, 1.165) is 27.5 Å². The third kappa shape index (κ3) is 2.02. The molecule has 0 aliphatic rings. The molecule has 21 heavy (non-hydrogen) atoms. The van der Waals surface area contributed by atoms with Gasteiger partial charge in [0.15, 0.2) is 0 Å². The van der Waals surface area contributed by atoms with Crippen molar-refractivity contribution < 1.29 is 0 Å². The fraction of sp³-hybridized carbons (Fsp3) is 0.0625. The molecule has 0 saturated heterocycles. The van der Waals surface area contributed by atoms with E-state index in [-0.39, 0.29) is 0 Å². The predicted molar refractivity (Wildman–Crippen MR) is 85.2 cm³/mol. The normalized spacial score (nSPS) is 11.1. The number of thiazole rings is 1. The van der Waals surface area contributed by atoms with Gasteiger partial charge in [0.2, 0.25) is 0 Å². The van der Waals surface area contributed by atoms with Crippen LogP contribution in [0.15, 0.2) is 48.4 Å². The minimum Gasteiger partial charge on any atom is -0.360 e. The van der Waals surface area contributed by atoms with Crippen LogP contribution in [0.1, 0.15) is 5.56 Å². The van der Waals surface area contributed by atoms with Crippen molar-refractivity contribution in [2.45, 2.75) is 6.92 Å². The molecule has 4 rings (SSSR count). The van der Waals surface area contributed by atoms with Gasteiger partial charge in [-0.2, -0.15) is 0 Å². The average molecular weight is 292 g/mol. The summed E-state index contributed by atoms with van der Waals surface area (Å²) in [7, 11) is 0. The number of nitrogens with zero attached hydrogens (tertiary/aromatic N) is 3. The van der Waals surface area contributed by atoms with E-state index in [1.165, 1.54) is 10.9 Å². The number of aromatic amines is 1. The van der Waals surface area contributed by atoms with E-state index in [2.05, 4.69) is 45.5 Å². The first kappa shape index (κ1) is 12.2. The fourth-order valence-electron chi connectivity index (χ4n) is 2.49. The van der Waals surface area contributed by atoms with Gasteiger partial charge in [-0.25, -0.2) is 4.98 Å². The van der Waals surface area contributed by atoms with Crippen LogP contribution in [0.5, 0.6) is 0 Å². The summed E-state index contributed by atoms with van der Waals surface area (Å²) in [5.41, 5.74) is 5.30. The minimum absolute atomic E-state index is 0.810. The average Bonchev–Trinajstić information content (AvgIpc) is 3.15. The highest BCUT2D eigenvalue weighted by Crippen LogP contribution is 2.33. The highest BCUT2D eigenvalue weighted by atomic mass is 32.1. The highest BCUT2D eigenvalue weighted by molar-refractivity contribution is 7.13. The number of hydrogen-bond acceptors (Lipinski definition) is 4. The van der Waals surface area contributed by atoms with Crippen molar-refractivity contribution in [2.24, 2.45) is 0 Å². The lowest BCUT2D eigenvalue weighted by Gasteiger charge is -1.99. The largest absolute Gasteiger partial charge is 0.360 e. The first-order chi connectivity index (χ1) is 10.3. The van der Waals surface area contributed by atoms with Gasteiger partial charge < -0.3 is 4.98 Å². The van der Waals surface area contributed by atoms with Crippen LogP contribution in [0, 0.1) is 6.92 Å². The Labute approximate surface area is 125 Å². The molecule has 4 aromatic rings. The number of aryl methyl sites for hydroxylation is 1. The lowest BCUT2D eigenvalue weighted by Crippen LogP contribution is -1.84. The molecule has 0 aliphatic heterocycles. The van der Waals surface area contributed by atoms with Crippen LogP contribution in [0.4, 0.5) is 0 Å². The van der Waals surface area contributed by atoms with Gasteiger partial charge >= 0.3 is 0 Å². The van der Waals surface area contributed by atoms with Gasteiger partial charge in [-0.15, -0.1) is 11.3 Å². The van der Waals surface area contributed by atoms with E-state index in [1.54, 1.807) is 29.9 Å². The topological polar surface area (TPSA) is 54.5 Å². The third-order valence-corrected chi connectivity index (χ3v) is 4.34. The molecule has 1 N–H and O–H groups in total. The lowest BCUT2D eigenvalue weighted by atomic mass is 10.1. The molecule has 0 bridgehead atoms. The summed E-state index contributed by atoms with van der Waals surface area (Å²) in [5.74, 6) is 0. The van der Waals surface area contributed by atoms with Crippen molar-refractivity contribution >= 4 is 22.2 Å². The molecule has 0 radical (unpaired) electrons. The van der Waals surface area contributed by atoms with Crippen molar-refractivity contribution in [2.75, 3.05) is 0 Å². The second-order valence-electron chi connectivity index (χ2n) is 4.83. The predicted octanol–water partition coefficient (Wildman–Crippen LogP) is 4.06. The van der Waals surface area contributed by atoms with Crippen molar-refractivity contribution in [3.63, 3.8) is 0 Å². The zero-order chi connectivity index (χ0) is 14.2. The summed E-state index contributed by atoms with van der Waals surface area (Å²) in [6.45, 7) is 2.12. The molecule has 0 spiro atoms. The van der Waals surface area contributed by atoms with E-state index < -0.39 is 0 Å². The number of rotatable bonds is 2. The Morgan fingerprint density at radius 1 is 1.14 bits per heavy atom. The Morgan fingerprint density at radius 2 is 2.10 bits per heavy atom. The van der Waals surface area contributed by atoms with Gasteiger partial charge in [0.1, 0.15) is 10.7 Å². The van der Waals surface area contributed by atoms with Crippen LogP contribution in [0.25, 0.3) is 32.9 Å². The molecule has 5 heteroatoms. The number of fused-ring (bicyclic) bond motifs is 1. The summed E-state index contributed by atoms with van der Waals surface area (Å²) in [5, 5.41) is 4.19. The maximum absolute atomic E-state index is 4.71. The molecule has 4 nitrogen and oxygen atoms in total. The summed E-state index contributed by atoms with van der Waals surface area (Å²) in [4.78, 5) is 16.4. The van der Waals surface area contributed by atoms with Crippen molar-refractivity contribution in [1.29, 1.82) is 0 Å². The van der Waals surface area contributed by atoms with Crippen LogP contribution in [-0.4, -0.2) is 19.9 Å². The van der Waals surface area contributed by atoms with Gasteiger partial charge in [0, 0.05) is 40.4 Å². The minimum atomic E-state index is 0.810. The Kier molecular flexibility index (Phi) is 2.79. The standard InChI is InChI=1S/C16H12N4S/c1-10-3-2-4-12-15(10)11(7-19-12)14-9-21-16(20-14)13-8-17-5-6-18-13/h2-9,19H,1H3. The molecule has 1 aromatic carbocycles. The summed E-state index contributed by atoms with van der Waals surface area (Å²) in [6.07, 6.45) is 7.11. The smallest absolute Gasteiger partial charge is 0.144 e. The quantitative estimate of drug-likeness (QED) is 0.606. The summed E-state index contributed by atoms with van der Waals surface area (Å²) < 4.78 is 0.